The summed E-state index contributed by atoms with van der Waals surface area (Å²) in [6.45, 7) is 2.32. The lowest BCUT2D eigenvalue weighted by Gasteiger charge is -2.33. The maximum Gasteiger partial charge on any atom is 0.217 e. The molecule has 0 amide bonds. The van der Waals surface area contributed by atoms with Gasteiger partial charge in [0.2, 0.25) is 10.0 Å². The van der Waals surface area contributed by atoms with Crippen molar-refractivity contribution in [1.82, 2.24) is 13.9 Å². The van der Waals surface area contributed by atoms with Gasteiger partial charge in [0, 0.05) is 19.3 Å². The maximum absolute atomic E-state index is 12.5. The first kappa shape index (κ1) is 13.7. The summed E-state index contributed by atoms with van der Waals surface area (Å²) in [5.41, 5.74) is 0.963. The Morgan fingerprint density at radius 1 is 1.24 bits per heavy atom. The molecule has 1 aromatic heterocycles. The zero-order valence-electron chi connectivity index (χ0n) is 12.0. The topological polar surface area (TPSA) is 64.4 Å². The molecule has 2 heterocycles. The summed E-state index contributed by atoms with van der Waals surface area (Å²) in [5.74, 6) is 0.724. The van der Waals surface area contributed by atoms with Crippen LogP contribution in [0, 0.1) is 5.92 Å². The fourth-order valence-corrected chi connectivity index (χ4v) is 4.76. The molecule has 0 saturated heterocycles. The molecule has 4 rings (SSSR count). The van der Waals surface area contributed by atoms with Crippen molar-refractivity contribution in [1.29, 1.82) is 0 Å². The molecule has 0 radical (unpaired) electrons. The molecule has 0 bridgehead atoms. The summed E-state index contributed by atoms with van der Waals surface area (Å²) in [4.78, 5) is 4.17. The summed E-state index contributed by atoms with van der Waals surface area (Å²) in [7, 11) is -3.13. The van der Waals surface area contributed by atoms with Crippen molar-refractivity contribution < 1.29 is 13.2 Å². The van der Waals surface area contributed by atoms with Gasteiger partial charge in [-0.05, 0) is 31.6 Å². The molecule has 2 aliphatic carbocycles. The lowest BCUT2D eigenvalue weighted by atomic mass is 10.2. The second kappa shape index (κ2) is 5.07. The Kier molecular flexibility index (Phi) is 3.31. The van der Waals surface area contributed by atoms with Gasteiger partial charge in [-0.15, -0.1) is 0 Å². The molecule has 1 atom stereocenters. The van der Waals surface area contributed by atoms with Crippen LogP contribution in [0.25, 0.3) is 0 Å². The van der Waals surface area contributed by atoms with E-state index in [-0.39, 0.29) is 11.3 Å². The van der Waals surface area contributed by atoms with E-state index in [1.807, 2.05) is 0 Å². The third-order valence-corrected chi connectivity index (χ3v) is 6.87. The fraction of sp³-hybridized carbons (Fsp3) is 0.786. The van der Waals surface area contributed by atoms with Crippen molar-refractivity contribution in [2.45, 2.75) is 43.5 Å². The highest BCUT2D eigenvalue weighted by atomic mass is 32.2. The molecular formula is C14H21N3O3S. The first-order valence-electron chi connectivity index (χ1n) is 7.72. The van der Waals surface area contributed by atoms with Gasteiger partial charge in [-0.2, -0.15) is 4.31 Å². The van der Waals surface area contributed by atoms with Gasteiger partial charge in [0.1, 0.15) is 0 Å². The Bertz CT molecular complexity index is 619. The zero-order chi connectivity index (χ0) is 14.4. The van der Waals surface area contributed by atoms with Crippen molar-refractivity contribution in [2.24, 2.45) is 5.92 Å². The average Bonchev–Trinajstić information content (AvgIpc) is 3.36. The molecule has 3 aliphatic rings. The first-order chi connectivity index (χ1) is 10.1. The van der Waals surface area contributed by atoms with Gasteiger partial charge in [0.15, 0.2) is 0 Å². The largest absolute Gasteiger partial charge is 0.379 e. The molecule has 1 aromatic rings. The average molecular weight is 311 g/mol. The highest BCUT2D eigenvalue weighted by Crippen LogP contribution is 2.34. The number of hydrogen-bond donors (Lipinski definition) is 0. The van der Waals surface area contributed by atoms with Gasteiger partial charge < -0.3 is 9.30 Å². The summed E-state index contributed by atoms with van der Waals surface area (Å²) in [5, 5.41) is -0.153. The summed E-state index contributed by atoms with van der Waals surface area (Å²) < 4.78 is 34.4. The Labute approximate surface area is 125 Å². The molecule has 1 aliphatic heterocycles. The van der Waals surface area contributed by atoms with E-state index >= 15 is 0 Å². The van der Waals surface area contributed by atoms with Crippen LogP contribution in [0.1, 0.15) is 37.4 Å². The standard InChI is InChI=1S/C14H21N3O3S/c18-21(19,14-3-4-14)16-6-12-5-15-10-17(12)13(7-16)9-20-8-11-1-2-11/h5,10-11,13-14H,1-4,6-9H2. The number of imidazole rings is 1. The van der Waals surface area contributed by atoms with Crippen LogP contribution in [0.4, 0.5) is 0 Å². The van der Waals surface area contributed by atoms with Crippen molar-refractivity contribution >= 4 is 10.0 Å². The van der Waals surface area contributed by atoms with Gasteiger partial charge in [0.25, 0.3) is 0 Å². The van der Waals surface area contributed by atoms with Crippen LogP contribution in [0.5, 0.6) is 0 Å². The third-order valence-electron chi connectivity index (χ3n) is 4.56. The Morgan fingerprint density at radius 2 is 2.05 bits per heavy atom. The predicted octanol–water partition coefficient (Wildman–Crippen LogP) is 1.16. The van der Waals surface area contributed by atoms with E-state index in [0.29, 0.717) is 19.7 Å². The Hall–Kier alpha value is -0.920. The van der Waals surface area contributed by atoms with Gasteiger partial charge >= 0.3 is 0 Å². The van der Waals surface area contributed by atoms with Crippen molar-refractivity contribution in [3.05, 3.63) is 18.2 Å². The fourth-order valence-electron chi connectivity index (χ4n) is 2.91. The Balaban J connectivity index is 1.49. The van der Waals surface area contributed by atoms with Crippen LogP contribution in [-0.4, -0.2) is 47.3 Å². The maximum atomic E-state index is 12.5. The van der Waals surface area contributed by atoms with Crippen molar-refractivity contribution in [3.8, 4) is 0 Å². The third kappa shape index (κ3) is 2.74. The minimum absolute atomic E-state index is 0.0449. The number of nitrogens with zero attached hydrogens (tertiary/aromatic N) is 3. The monoisotopic (exact) mass is 311 g/mol. The van der Waals surface area contributed by atoms with Gasteiger partial charge in [-0.3, -0.25) is 0 Å². The van der Waals surface area contributed by atoms with Crippen LogP contribution in [0.3, 0.4) is 0 Å². The van der Waals surface area contributed by atoms with E-state index in [4.69, 9.17) is 4.74 Å². The van der Waals surface area contributed by atoms with Crippen LogP contribution in [0.15, 0.2) is 12.5 Å². The predicted molar refractivity (Wildman–Crippen MR) is 77.2 cm³/mol. The van der Waals surface area contributed by atoms with E-state index < -0.39 is 10.0 Å². The van der Waals surface area contributed by atoms with Gasteiger partial charge in [0.05, 0.1) is 36.5 Å². The van der Waals surface area contributed by atoms with Gasteiger partial charge in [-0.1, -0.05) is 0 Å². The molecule has 0 N–H and O–H groups in total. The molecule has 21 heavy (non-hydrogen) atoms. The lowest BCUT2D eigenvalue weighted by molar-refractivity contribution is 0.0793. The summed E-state index contributed by atoms with van der Waals surface area (Å²) in [6, 6.07) is 0.0449. The van der Waals surface area contributed by atoms with Crippen molar-refractivity contribution in [2.75, 3.05) is 19.8 Å². The second-order valence-electron chi connectivity index (χ2n) is 6.46. The first-order valence-corrected chi connectivity index (χ1v) is 9.22. The van der Waals surface area contributed by atoms with Crippen LogP contribution in [-0.2, 0) is 21.3 Å². The van der Waals surface area contributed by atoms with E-state index in [2.05, 4.69) is 9.55 Å². The Morgan fingerprint density at radius 3 is 2.76 bits per heavy atom. The highest BCUT2D eigenvalue weighted by molar-refractivity contribution is 7.90. The molecule has 0 spiro atoms. The number of hydrogen-bond acceptors (Lipinski definition) is 4. The molecule has 7 heteroatoms. The molecule has 0 aromatic carbocycles. The van der Waals surface area contributed by atoms with Crippen LogP contribution < -0.4 is 0 Å². The number of fused-ring (bicyclic) bond motifs is 1. The van der Waals surface area contributed by atoms with E-state index in [0.717, 1.165) is 31.1 Å². The molecule has 2 saturated carbocycles. The summed E-state index contributed by atoms with van der Waals surface area (Å²) in [6.07, 6.45) is 7.71. The lowest BCUT2D eigenvalue weighted by Crippen LogP contribution is -2.43. The number of ether oxygens (including phenoxy) is 1. The SMILES string of the molecule is O=S(=O)(C1CC1)N1Cc2cncn2C(COCC2CC2)C1. The smallest absolute Gasteiger partial charge is 0.217 e. The minimum atomic E-state index is -3.13. The van der Waals surface area contributed by atoms with E-state index in [9.17, 15) is 8.42 Å². The zero-order valence-corrected chi connectivity index (χ0v) is 12.8. The molecule has 116 valence electrons. The highest BCUT2D eigenvalue weighted by Gasteiger charge is 2.42. The van der Waals surface area contributed by atoms with E-state index in [1.165, 1.54) is 12.8 Å². The van der Waals surface area contributed by atoms with Crippen LogP contribution >= 0.6 is 0 Å². The number of aromatic nitrogens is 2. The molecule has 1 unspecified atom stereocenters. The van der Waals surface area contributed by atoms with E-state index in [1.54, 1.807) is 16.8 Å². The molecular weight excluding hydrogens is 290 g/mol. The van der Waals surface area contributed by atoms with Crippen LogP contribution in [0.2, 0.25) is 0 Å². The summed E-state index contributed by atoms with van der Waals surface area (Å²) >= 11 is 0. The molecule has 6 nitrogen and oxygen atoms in total. The molecule has 2 fully saturated rings. The van der Waals surface area contributed by atoms with Crippen molar-refractivity contribution in [3.63, 3.8) is 0 Å². The quantitative estimate of drug-likeness (QED) is 0.791. The van der Waals surface area contributed by atoms with Gasteiger partial charge in [-0.25, -0.2) is 13.4 Å². The normalized spacial score (nSPS) is 26.8. The number of rotatable bonds is 6. The number of sulfonamides is 1. The minimum Gasteiger partial charge on any atom is -0.379 e. The second-order valence-corrected chi connectivity index (χ2v) is 8.68.